The summed E-state index contributed by atoms with van der Waals surface area (Å²) < 4.78 is 0. The van der Waals surface area contributed by atoms with Crippen LogP contribution in [0.2, 0.25) is 0 Å². The molecule has 0 spiro atoms. The molecule has 1 aromatic heterocycles. The van der Waals surface area contributed by atoms with Gasteiger partial charge in [0, 0.05) is 24.0 Å². The van der Waals surface area contributed by atoms with Gasteiger partial charge in [-0.15, -0.1) is 0 Å². The highest BCUT2D eigenvalue weighted by Gasteiger charge is 2.34. The van der Waals surface area contributed by atoms with Crippen molar-refractivity contribution in [2.45, 2.75) is 37.3 Å². The Bertz CT molecular complexity index is 301. The molecule has 0 radical (unpaired) electrons. The van der Waals surface area contributed by atoms with E-state index in [0.29, 0.717) is 6.42 Å². The predicted molar refractivity (Wildman–Crippen MR) is 54.6 cm³/mol. The van der Waals surface area contributed by atoms with Gasteiger partial charge in [-0.2, -0.15) is 0 Å². The number of nitrogens with two attached hydrogens (primary N) is 1. The molecule has 0 aromatic carbocycles. The SMILES string of the molecule is NC1CCCC(O)(c2cccnc2)C1. The van der Waals surface area contributed by atoms with Gasteiger partial charge in [0.2, 0.25) is 0 Å². The summed E-state index contributed by atoms with van der Waals surface area (Å²) >= 11 is 0. The minimum atomic E-state index is -0.744. The van der Waals surface area contributed by atoms with Crippen molar-refractivity contribution >= 4 is 0 Å². The van der Waals surface area contributed by atoms with E-state index in [4.69, 9.17) is 5.73 Å². The fourth-order valence-corrected chi connectivity index (χ4v) is 2.19. The molecule has 1 heterocycles. The second-order valence-corrected chi connectivity index (χ2v) is 4.13. The Balaban J connectivity index is 2.23. The van der Waals surface area contributed by atoms with E-state index in [1.165, 1.54) is 0 Å². The van der Waals surface area contributed by atoms with Gasteiger partial charge in [0.05, 0.1) is 5.60 Å². The van der Waals surface area contributed by atoms with E-state index in [1.54, 1.807) is 12.4 Å². The first-order chi connectivity index (χ1) is 6.71. The van der Waals surface area contributed by atoms with Crippen LogP contribution in [-0.4, -0.2) is 16.1 Å². The first kappa shape index (κ1) is 9.62. The van der Waals surface area contributed by atoms with Crippen molar-refractivity contribution in [2.24, 2.45) is 5.73 Å². The van der Waals surface area contributed by atoms with Crippen LogP contribution in [-0.2, 0) is 5.60 Å². The Morgan fingerprint density at radius 1 is 1.57 bits per heavy atom. The van der Waals surface area contributed by atoms with E-state index in [1.807, 2.05) is 12.1 Å². The van der Waals surface area contributed by atoms with Crippen LogP contribution in [0.15, 0.2) is 24.5 Å². The summed E-state index contributed by atoms with van der Waals surface area (Å²) in [7, 11) is 0. The lowest BCUT2D eigenvalue weighted by atomic mass is 9.78. The van der Waals surface area contributed by atoms with Crippen molar-refractivity contribution in [3.63, 3.8) is 0 Å². The van der Waals surface area contributed by atoms with Gasteiger partial charge in [0.1, 0.15) is 0 Å². The highest BCUT2D eigenvalue weighted by Crippen LogP contribution is 2.35. The van der Waals surface area contributed by atoms with Crippen molar-refractivity contribution in [3.05, 3.63) is 30.1 Å². The van der Waals surface area contributed by atoms with Crippen molar-refractivity contribution in [1.29, 1.82) is 0 Å². The summed E-state index contributed by atoms with van der Waals surface area (Å²) in [6.07, 6.45) is 6.91. The Morgan fingerprint density at radius 3 is 3.07 bits per heavy atom. The molecular weight excluding hydrogens is 176 g/mol. The topological polar surface area (TPSA) is 59.1 Å². The smallest absolute Gasteiger partial charge is 0.0926 e. The monoisotopic (exact) mass is 192 g/mol. The molecule has 1 aliphatic carbocycles. The summed E-state index contributed by atoms with van der Waals surface area (Å²) in [5.41, 5.74) is 6.02. The van der Waals surface area contributed by atoms with Crippen LogP contribution >= 0.6 is 0 Å². The Labute approximate surface area is 84.0 Å². The van der Waals surface area contributed by atoms with Crippen molar-refractivity contribution in [2.75, 3.05) is 0 Å². The van der Waals surface area contributed by atoms with E-state index in [-0.39, 0.29) is 6.04 Å². The molecule has 2 unspecified atom stereocenters. The van der Waals surface area contributed by atoms with Crippen LogP contribution in [0.5, 0.6) is 0 Å². The Hall–Kier alpha value is -0.930. The summed E-state index contributed by atoms with van der Waals surface area (Å²) in [4.78, 5) is 4.03. The average molecular weight is 192 g/mol. The van der Waals surface area contributed by atoms with Gasteiger partial charge in [-0.25, -0.2) is 0 Å². The van der Waals surface area contributed by atoms with Gasteiger partial charge in [-0.1, -0.05) is 6.07 Å². The Morgan fingerprint density at radius 2 is 2.43 bits per heavy atom. The minimum Gasteiger partial charge on any atom is -0.385 e. The molecule has 1 saturated carbocycles. The number of hydrogen-bond donors (Lipinski definition) is 2. The molecule has 0 amide bonds. The number of nitrogens with zero attached hydrogens (tertiary/aromatic N) is 1. The van der Waals surface area contributed by atoms with E-state index in [9.17, 15) is 5.11 Å². The van der Waals surface area contributed by atoms with E-state index in [0.717, 1.165) is 24.8 Å². The summed E-state index contributed by atoms with van der Waals surface area (Å²) in [6, 6.07) is 3.90. The third-order valence-electron chi connectivity index (χ3n) is 2.96. The molecule has 0 bridgehead atoms. The standard InChI is InChI=1S/C11H16N2O/c12-10-4-1-5-11(14,7-10)9-3-2-6-13-8-9/h2-3,6,8,10,14H,1,4-5,7,12H2. The van der Waals surface area contributed by atoms with Crippen LogP contribution in [0.1, 0.15) is 31.2 Å². The summed E-state index contributed by atoms with van der Waals surface area (Å²) in [5, 5.41) is 10.4. The van der Waals surface area contributed by atoms with Gasteiger partial charge >= 0.3 is 0 Å². The fraction of sp³-hybridized carbons (Fsp3) is 0.545. The highest BCUT2D eigenvalue weighted by atomic mass is 16.3. The second-order valence-electron chi connectivity index (χ2n) is 4.13. The average Bonchev–Trinajstić information content (AvgIpc) is 2.19. The zero-order valence-corrected chi connectivity index (χ0v) is 8.19. The largest absolute Gasteiger partial charge is 0.385 e. The van der Waals surface area contributed by atoms with Gasteiger partial charge in [0.25, 0.3) is 0 Å². The summed E-state index contributed by atoms with van der Waals surface area (Å²) in [6.45, 7) is 0. The normalized spacial score (nSPS) is 32.9. The predicted octanol–water partition coefficient (Wildman–Crippen LogP) is 1.17. The number of aliphatic hydroxyl groups is 1. The maximum Gasteiger partial charge on any atom is 0.0926 e. The van der Waals surface area contributed by atoms with Gasteiger partial charge in [-0.05, 0) is 31.7 Å². The van der Waals surface area contributed by atoms with Crippen LogP contribution < -0.4 is 5.73 Å². The second kappa shape index (κ2) is 3.67. The van der Waals surface area contributed by atoms with Crippen LogP contribution in [0.3, 0.4) is 0 Å². The molecule has 2 atom stereocenters. The van der Waals surface area contributed by atoms with Crippen molar-refractivity contribution < 1.29 is 5.11 Å². The van der Waals surface area contributed by atoms with Gasteiger partial charge in [0.15, 0.2) is 0 Å². The molecule has 14 heavy (non-hydrogen) atoms. The number of pyridine rings is 1. The molecule has 2 rings (SSSR count). The molecule has 3 N–H and O–H groups in total. The first-order valence-corrected chi connectivity index (χ1v) is 5.09. The van der Waals surface area contributed by atoms with E-state index in [2.05, 4.69) is 4.98 Å². The van der Waals surface area contributed by atoms with E-state index >= 15 is 0 Å². The van der Waals surface area contributed by atoms with Crippen molar-refractivity contribution in [1.82, 2.24) is 4.98 Å². The zero-order chi connectivity index (χ0) is 10.0. The van der Waals surface area contributed by atoms with Gasteiger partial charge in [-0.3, -0.25) is 4.98 Å². The molecule has 0 saturated heterocycles. The molecular formula is C11H16N2O. The molecule has 76 valence electrons. The third-order valence-corrected chi connectivity index (χ3v) is 2.96. The van der Waals surface area contributed by atoms with E-state index < -0.39 is 5.60 Å². The highest BCUT2D eigenvalue weighted by molar-refractivity contribution is 5.19. The molecule has 3 heteroatoms. The van der Waals surface area contributed by atoms with Crippen LogP contribution in [0.25, 0.3) is 0 Å². The minimum absolute atomic E-state index is 0.119. The number of hydrogen-bond acceptors (Lipinski definition) is 3. The number of aromatic nitrogens is 1. The van der Waals surface area contributed by atoms with Crippen LogP contribution in [0.4, 0.5) is 0 Å². The quantitative estimate of drug-likeness (QED) is 0.702. The molecule has 0 aliphatic heterocycles. The zero-order valence-electron chi connectivity index (χ0n) is 8.19. The molecule has 3 nitrogen and oxygen atoms in total. The lowest BCUT2D eigenvalue weighted by molar-refractivity contribution is -0.00745. The fourth-order valence-electron chi connectivity index (χ4n) is 2.19. The van der Waals surface area contributed by atoms with Crippen molar-refractivity contribution in [3.8, 4) is 0 Å². The first-order valence-electron chi connectivity index (χ1n) is 5.09. The van der Waals surface area contributed by atoms with Gasteiger partial charge < -0.3 is 10.8 Å². The Kier molecular flexibility index (Phi) is 2.52. The maximum absolute atomic E-state index is 10.4. The molecule has 1 aliphatic rings. The maximum atomic E-state index is 10.4. The lowest BCUT2D eigenvalue weighted by Gasteiger charge is -2.35. The molecule has 1 fully saturated rings. The van der Waals surface area contributed by atoms with Crippen LogP contribution in [0, 0.1) is 0 Å². The molecule has 1 aromatic rings. The summed E-state index contributed by atoms with van der Waals surface area (Å²) in [5.74, 6) is 0. The third kappa shape index (κ3) is 1.79. The number of rotatable bonds is 1. The lowest BCUT2D eigenvalue weighted by Crippen LogP contribution is -2.39.